The minimum Gasteiger partial charge on any atom is -0.493 e. The van der Waals surface area contributed by atoms with E-state index in [4.69, 9.17) is 9.47 Å². The maximum Gasteiger partial charge on any atom is 0.164 e. The van der Waals surface area contributed by atoms with Crippen molar-refractivity contribution >= 4 is 0 Å². The second-order valence-corrected chi connectivity index (χ2v) is 3.80. The minimum atomic E-state index is -0.205. The molecular weight excluding hydrogens is 207 g/mol. The van der Waals surface area contributed by atoms with E-state index < -0.39 is 0 Å². The number of benzene rings is 1. The minimum absolute atomic E-state index is 0.205. The molecule has 1 aromatic rings. The van der Waals surface area contributed by atoms with Crippen molar-refractivity contribution in [2.24, 2.45) is 0 Å². The van der Waals surface area contributed by atoms with Gasteiger partial charge in [-0.3, -0.25) is 0 Å². The molecule has 0 atom stereocenters. The highest BCUT2D eigenvalue weighted by atomic mass is 19.1. The molecule has 0 aromatic heterocycles. The monoisotopic (exact) mass is 226 g/mol. The fourth-order valence-corrected chi connectivity index (χ4v) is 1.83. The van der Waals surface area contributed by atoms with Crippen molar-refractivity contribution in [1.29, 1.82) is 0 Å². The van der Waals surface area contributed by atoms with E-state index in [2.05, 4.69) is 6.92 Å². The van der Waals surface area contributed by atoms with Gasteiger partial charge in [0.15, 0.2) is 11.5 Å². The predicted molar refractivity (Wildman–Crippen MR) is 62.9 cm³/mol. The zero-order chi connectivity index (χ0) is 12.1. The Kier molecular flexibility index (Phi) is 4.59. The summed E-state index contributed by atoms with van der Waals surface area (Å²) in [6.07, 6.45) is 2.77. The molecule has 0 amide bonds. The number of ether oxygens (including phenoxy) is 2. The molecule has 90 valence electrons. The lowest BCUT2D eigenvalue weighted by atomic mass is 10.0. The zero-order valence-electron chi connectivity index (χ0n) is 10.4. The highest BCUT2D eigenvalue weighted by molar-refractivity contribution is 5.50. The first-order valence-electron chi connectivity index (χ1n) is 5.55. The van der Waals surface area contributed by atoms with Crippen LogP contribution in [0.25, 0.3) is 0 Å². The molecule has 16 heavy (non-hydrogen) atoms. The summed E-state index contributed by atoms with van der Waals surface area (Å²) in [5, 5.41) is 0. The Morgan fingerprint density at radius 2 is 1.94 bits per heavy atom. The van der Waals surface area contributed by atoms with Gasteiger partial charge in [-0.1, -0.05) is 13.3 Å². The summed E-state index contributed by atoms with van der Waals surface area (Å²) >= 11 is 0. The summed E-state index contributed by atoms with van der Waals surface area (Å²) in [5.74, 6) is 0.886. The van der Waals surface area contributed by atoms with Crippen molar-refractivity contribution in [3.63, 3.8) is 0 Å². The van der Waals surface area contributed by atoms with Gasteiger partial charge in [-0.25, -0.2) is 4.39 Å². The maximum absolute atomic E-state index is 13.8. The topological polar surface area (TPSA) is 18.5 Å². The summed E-state index contributed by atoms with van der Waals surface area (Å²) in [5.41, 5.74) is 1.58. The number of unbranched alkanes of at least 4 members (excludes halogenated alkanes) is 1. The van der Waals surface area contributed by atoms with Crippen molar-refractivity contribution in [3.05, 3.63) is 23.0 Å². The highest BCUT2D eigenvalue weighted by Gasteiger charge is 2.15. The van der Waals surface area contributed by atoms with E-state index in [1.54, 1.807) is 7.11 Å². The first kappa shape index (κ1) is 12.8. The van der Waals surface area contributed by atoms with Gasteiger partial charge in [-0.2, -0.15) is 0 Å². The second kappa shape index (κ2) is 5.73. The van der Waals surface area contributed by atoms with E-state index in [0.29, 0.717) is 11.5 Å². The van der Waals surface area contributed by atoms with Crippen molar-refractivity contribution in [2.75, 3.05) is 14.2 Å². The molecule has 0 bridgehead atoms. The molecule has 0 saturated carbocycles. The third-order valence-corrected chi connectivity index (χ3v) is 2.77. The average Bonchev–Trinajstić information content (AvgIpc) is 2.28. The summed E-state index contributed by atoms with van der Waals surface area (Å²) in [6, 6.07) is 1.40. The summed E-state index contributed by atoms with van der Waals surface area (Å²) < 4.78 is 24.1. The van der Waals surface area contributed by atoms with Crippen molar-refractivity contribution in [1.82, 2.24) is 0 Å². The number of rotatable bonds is 5. The largest absolute Gasteiger partial charge is 0.493 e. The number of hydrogen-bond acceptors (Lipinski definition) is 2. The Morgan fingerprint density at radius 1 is 1.25 bits per heavy atom. The van der Waals surface area contributed by atoms with E-state index in [1.165, 1.54) is 13.2 Å². The first-order valence-corrected chi connectivity index (χ1v) is 5.55. The Hall–Kier alpha value is -1.25. The van der Waals surface area contributed by atoms with Crippen LogP contribution in [0.2, 0.25) is 0 Å². The van der Waals surface area contributed by atoms with E-state index in [0.717, 1.165) is 30.4 Å². The van der Waals surface area contributed by atoms with Crippen LogP contribution in [0, 0.1) is 12.7 Å². The van der Waals surface area contributed by atoms with E-state index in [9.17, 15) is 4.39 Å². The van der Waals surface area contributed by atoms with Gasteiger partial charge in [0, 0.05) is 11.6 Å². The molecule has 2 nitrogen and oxygen atoms in total. The molecule has 0 unspecified atom stereocenters. The molecule has 1 rings (SSSR count). The van der Waals surface area contributed by atoms with E-state index in [1.807, 2.05) is 6.92 Å². The molecule has 0 aliphatic rings. The molecular formula is C13H19FO2. The van der Waals surface area contributed by atoms with E-state index >= 15 is 0 Å². The van der Waals surface area contributed by atoms with Crippen LogP contribution < -0.4 is 9.47 Å². The highest BCUT2D eigenvalue weighted by Crippen LogP contribution is 2.35. The van der Waals surface area contributed by atoms with Crippen LogP contribution in [0.1, 0.15) is 30.9 Å². The Balaban J connectivity index is 3.18. The second-order valence-electron chi connectivity index (χ2n) is 3.80. The van der Waals surface area contributed by atoms with Crippen LogP contribution in [-0.2, 0) is 6.42 Å². The van der Waals surface area contributed by atoms with Gasteiger partial charge >= 0.3 is 0 Å². The zero-order valence-corrected chi connectivity index (χ0v) is 10.4. The maximum atomic E-state index is 13.8. The van der Waals surface area contributed by atoms with Crippen molar-refractivity contribution < 1.29 is 13.9 Å². The van der Waals surface area contributed by atoms with Gasteiger partial charge < -0.3 is 9.47 Å². The van der Waals surface area contributed by atoms with Crippen LogP contribution in [0.5, 0.6) is 11.5 Å². The van der Waals surface area contributed by atoms with Crippen LogP contribution in [0.3, 0.4) is 0 Å². The lowest BCUT2D eigenvalue weighted by molar-refractivity contribution is 0.349. The normalized spacial score (nSPS) is 10.3. The fourth-order valence-electron chi connectivity index (χ4n) is 1.83. The van der Waals surface area contributed by atoms with Crippen LogP contribution in [0.15, 0.2) is 6.07 Å². The first-order chi connectivity index (χ1) is 7.65. The molecule has 0 N–H and O–H groups in total. The number of hydrogen-bond donors (Lipinski definition) is 0. The number of halogens is 1. The lowest BCUT2D eigenvalue weighted by Gasteiger charge is -2.15. The van der Waals surface area contributed by atoms with Crippen LogP contribution in [0.4, 0.5) is 4.39 Å². The Bertz CT molecular complexity index is 361. The SMILES string of the molecule is CCCCc1c(F)cc(OC)c(OC)c1C. The van der Waals surface area contributed by atoms with Crippen LogP contribution in [-0.4, -0.2) is 14.2 Å². The van der Waals surface area contributed by atoms with E-state index in [-0.39, 0.29) is 5.82 Å². The summed E-state index contributed by atoms with van der Waals surface area (Å²) in [7, 11) is 3.09. The van der Waals surface area contributed by atoms with Gasteiger partial charge in [0.1, 0.15) is 5.82 Å². The standard InChI is InChI=1S/C13H19FO2/c1-5-6-7-10-9(2)13(16-4)12(15-3)8-11(10)14/h8H,5-7H2,1-4H3. The summed E-state index contributed by atoms with van der Waals surface area (Å²) in [6.45, 7) is 3.96. The smallest absolute Gasteiger partial charge is 0.164 e. The fraction of sp³-hybridized carbons (Fsp3) is 0.538. The van der Waals surface area contributed by atoms with Gasteiger partial charge in [-0.15, -0.1) is 0 Å². The molecule has 0 heterocycles. The van der Waals surface area contributed by atoms with Gasteiger partial charge in [0.25, 0.3) is 0 Å². The molecule has 0 aliphatic heterocycles. The average molecular weight is 226 g/mol. The molecule has 3 heteroatoms. The van der Waals surface area contributed by atoms with Gasteiger partial charge in [-0.05, 0) is 25.3 Å². The van der Waals surface area contributed by atoms with Crippen molar-refractivity contribution in [2.45, 2.75) is 33.1 Å². The molecule has 0 aliphatic carbocycles. The quantitative estimate of drug-likeness (QED) is 0.765. The van der Waals surface area contributed by atoms with Crippen LogP contribution >= 0.6 is 0 Å². The molecule has 1 aromatic carbocycles. The van der Waals surface area contributed by atoms with Gasteiger partial charge in [0.05, 0.1) is 14.2 Å². The number of methoxy groups -OCH3 is 2. The molecule has 0 saturated heterocycles. The molecule has 0 radical (unpaired) electrons. The third kappa shape index (κ3) is 2.46. The van der Waals surface area contributed by atoms with Gasteiger partial charge in [0.2, 0.25) is 0 Å². The van der Waals surface area contributed by atoms with Crippen molar-refractivity contribution in [3.8, 4) is 11.5 Å². The predicted octanol–water partition coefficient (Wildman–Crippen LogP) is 3.49. The molecule has 0 spiro atoms. The lowest BCUT2D eigenvalue weighted by Crippen LogP contribution is -2.01. The Morgan fingerprint density at radius 3 is 2.44 bits per heavy atom. The Labute approximate surface area is 96.4 Å². The summed E-state index contributed by atoms with van der Waals surface area (Å²) in [4.78, 5) is 0. The third-order valence-electron chi connectivity index (χ3n) is 2.77. The molecule has 0 fully saturated rings.